The third-order valence-electron chi connectivity index (χ3n) is 3.24. The molecule has 0 saturated heterocycles. The highest BCUT2D eigenvalue weighted by Crippen LogP contribution is 2.40. The lowest BCUT2D eigenvalue weighted by Crippen LogP contribution is -2.15. The quantitative estimate of drug-likeness (QED) is 0.517. The van der Waals surface area contributed by atoms with E-state index in [2.05, 4.69) is 9.97 Å². The number of ether oxygens (including phenoxy) is 2. The van der Waals surface area contributed by atoms with Crippen LogP contribution < -0.4 is 9.47 Å². The molecular formula is C15H11ClN2O2S2. The zero-order valence-electron chi connectivity index (χ0n) is 11.4. The van der Waals surface area contributed by atoms with Gasteiger partial charge in [0.05, 0.1) is 15.2 Å². The number of nitrogens with zero attached hydrogens (tertiary/aromatic N) is 2. The van der Waals surface area contributed by atoms with Gasteiger partial charge in [-0.25, -0.2) is 9.97 Å². The molecule has 0 aliphatic carbocycles. The Morgan fingerprint density at radius 1 is 1.23 bits per heavy atom. The van der Waals surface area contributed by atoms with Gasteiger partial charge in [-0.1, -0.05) is 11.6 Å². The number of thioether (sulfide) groups is 1. The second-order valence-corrected chi connectivity index (χ2v) is 6.99. The first-order valence-corrected chi connectivity index (χ1v) is 8.94. The van der Waals surface area contributed by atoms with E-state index in [4.69, 9.17) is 21.1 Å². The Morgan fingerprint density at radius 2 is 2.14 bits per heavy atom. The monoisotopic (exact) mass is 350 g/mol. The second kappa shape index (κ2) is 5.95. The molecule has 0 fully saturated rings. The Balaban J connectivity index is 1.59. The maximum Gasteiger partial charge on any atom is 0.179 e. The fourth-order valence-electron chi connectivity index (χ4n) is 2.27. The molecule has 3 heterocycles. The summed E-state index contributed by atoms with van der Waals surface area (Å²) in [5.41, 5.74) is 2.07. The van der Waals surface area contributed by atoms with Crippen molar-refractivity contribution in [3.8, 4) is 11.5 Å². The van der Waals surface area contributed by atoms with E-state index in [1.807, 2.05) is 23.6 Å². The van der Waals surface area contributed by atoms with Gasteiger partial charge in [-0.3, -0.25) is 0 Å². The van der Waals surface area contributed by atoms with Crippen LogP contribution in [-0.4, -0.2) is 23.2 Å². The first-order chi connectivity index (χ1) is 10.8. The van der Waals surface area contributed by atoms with Crippen LogP contribution in [0.15, 0.2) is 34.9 Å². The molecule has 0 saturated carbocycles. The van der Waals surface area contributed by atoms with E-state index in [9.17, 15) is 0 Å². The average molecular weight is 351 g/mol. The molecule has 0 spiro atoms. The minimum Gasteiger partial charge on any atom is -0.486 e. The van der Waals surface area contributed by atoms with Gasteiger partial charge in [0.2, 0.25) is 0 Å². The Bertz CT molecular complexity index is 838. The summed E-state index contributed by atoms with van der Waals surface area (Å²) >= 11 is 9.60. The van der Waals surface area contributed by atoms with Crippen molar-refractivity contribution in [3.05, 3.63) is 40.5 Å². The number of hydrogen-bond donors (Lipinski definition) is 0. The van der Waals surface area contributed by atoms with Gasteiger partial charge in [-0.15, -0.1) is 23.1 Å². The van der Waals surface area contributed by atoms with Gasteiger partial charge in [0, 0.05) is 5.75 Å². The SMILES string of the molecule is Clc1cc(CSc2ncnc3ccsc23)cc2c1OCCO2. The van der Waals surface area contributed by atoms with Gasteiger partial charge in [0.1, 0.15) is 24.6 Å². The van der Waals surface area contributed by atoms with Gasteiger partial charge in [0.25, 0.3) is 0 Å². The van der Waals surface area contributed by atoms with Crippen LogP contribution in [-0.2, 0) is 5.75 Å². The van der Waals surface area contributed by atoms with Gasteiger partial charge < -0.3 is 9.47 Å². The second-order valence-electron chi connectivity index (χ2n) is 4.70. The number of aromatic nitrogens is 2. The lowest BCUT2D eigenvalue weighted by Gasteiger charge is -2.20. The van der Waals surface area contributed by atoms with Gasteiger partial charge in [-0.05, 0) is 29.1 Å². The molecule has 1 aliphatic heterocycles. The van der Waals surface area contributed by atoms with Gasteiger partial charge in [-0.2, -0.15) is 0 Å². The van der Waals surface area contributed by atoms with Gasteiger partial charge >= 0.3 is 0 Å². The van der Waals surface area contributed by atoms with Crippen LogP contribution in [0.5, 0.6) is 11.5 Å². The molecular weight excluding hydrogens is 340 g/mol. The molecule has 2 aromatic heterocycles. The molecule has 0 amide bonds. The number of benzene rings is 1. The maximum atomic E-state index is 6.27. The average Bonchev–Trinajstić information content (AvgIpc) is 3.02. The number of hydrogen-bond acceptors (Lipinski definition) is 6. The Morgan fingerprint density at radius 3 is 3.09 bits per heavy atom. The molecule has 0 bridgehead atoms. The highest BCUT2D eigenvalue weighted by atomic mass is 35.5. The first-order valence-electron chi connectivity index (χ1n) is 6.70. The van der Waals surface area contributed by atoms with E-state index in [-0.39, 0.29) is 0 Å². The Hall–Kier alpha value is -1.50. The van der Waals surface area contributed by atoms with Crippen LogP contribution >= 0.6 is 34.7 Å². The largest absolute Gasteiger partial charge is 0.486 e. The normalized spacial score (nSPS) is 13.5. The van der Waals surface area contributed by atoms with Crippen molar-refractivity contribution in [1.82, 2.24) is 9.97 Å². The van der Waals surface area contributed by atoms with Crippen molar-refractivity contribution in [2.75, 3.05) is 13.2 Å². The molecule has 0 radical (unpaired) electrons. The van der Waals surface area contributed by atoms with Crippen molar-refractivity contribution >= 4 is 44.9 Å². The molecule has 4 nitrogen and oxygen atoms in total. The number of rotatable bonds is 3. The number of fused-ring (bicyclic) bond motifs is 2. The molecule has 22 heavy (non-hydrogen) atoms. The molecule has 112 valence electrons. The van der Waals surface area contributed by atoms with Crippen LogP contribution in [0, 0.1) is 0 Å². The fourth-order valence-corrected chi connectivity index (χ4v) is 4.43. The molecule has 0 N–H and O–H groups in total. The Kier molecular flexibility index (Phi) is 3.82. The summed E-state index contributed by atoms with van der Waals surface area (Å²) in [7, 11) is 0. The van der Waals surface area contributed by atoms with Crippen molar-refractivity contribution < 1.29 is 9.47 Å². The molecule has 7 heteroatoms. The van der Waals surface area contributed by atoms with Crippen molar-refractivity contribution in [2.24, 2.45) is 0 Å². The molecule has 3 aromatic rings. The van der Waals surface area contributed by atoms with Crippen LogP contribution in [0.1, 0.15) is 5.56 Å². The molecule has 1 aliphatic rings. The minimum absolute atomic E-state index is 0.540. The standard InChI is InChI=1S/C15H11ClN2O2S2/c16-10-5-9(6-12-13(10)20-3-2-19-12)7-22-15-14-11(1-4-21-14)17-8-18-15/h1,4-6,8H,2-3,7H2. The predicted molar refractivity (Wildman–Crippen MR) is 89.4 cm³/mol. The van der Waals surface area contributed by atoms with E-state index in [1.165, 1.54) is 0 Å². The molecule has 1 aromatic carbocycles. The summed E-state index contributed by atoms with van der Waals surface area (Å²) in [6, 6.07) is 5.92. The first kappa shape index (κ1) is 14.1. The van der Waals surface area contributed by atoms with E-state index in [0.29, 0.717) is 24.0 Å². The third kappa shape index (κ3) is 2.62. The lowest BCUT2D eigenvalue weighted by atomic mass is 10.2. The summed E-state index contributed by atoms with van der Waals surface area (Å²) in [6.45, 7) is 1.10. The Labute approximate surface area is 140 Å². The molecule has 4 rings (SSSR count). The summed E-state index contributed by atoms with van der Waals surface area (Å²) in [4.78, 5) is 8.63. The summed E-state index contributed by atoms with van der Waals surface area (Å²) < 4.78 is 12.3. The topological polar surface area (TPSA) is 44.2 Å². The van der Waals surface area contributed by atoms with E-state index in [0.717, 1.165) is 32.3 Å². The number of halogens is 1. The summed E-state index contributed by atoms with van der Waals surface area (Å²) in [5.74, 6) is 2.13. The minimum atomic E-state index is 0.540. The zero-order valence-corrected chi connectivity index (χ0v) is 13.8. The third-order valence-corrected chi connectivity index (χ3v) is 5.62. The smallest absolute Gasteiger partial charge is 0.179 e. The summed E-state index contributed by atoms with van der Waals surface area (Å²) in [6.07, 6.45) is 1.61. The summed E-state index contributed by atoms with van der Waals surface area (Å²) in [5, 5.41) is 3.62. The maximum absolute atomic E-state index is 6.27. The van der Waals surface area contributed by atoms with Crippen LogP contribution in [0.3, 0.4) is 0 Å². The van der Waals surface area contributed by atoms with E-state index < -0.39 is 0 Å². The van der Waals surface area contributed by atoms with Crippen LogP contribution in [0.4, 0.5) is 0 Å². The highest BCUT2D eigenvalue weighted by molar-refractivity contribution is 7.98. The van der Waals surface area contributed by atoms with E-state index >= 15 is 0 Å². The predicted octanol–water partition coefficient (Wildman–Crippen LogP) is 4.41. The van der Waals surface area contributed by atoms with Crippen LogP contribution in [0.25, 0.3) is 10.2 Å². The van der Waals surface area contributed by atoms with Crippen molar-refractivity contribution in [2.45, 2.75) is 10.8 Å². The van der Waals surface area contributed by atoms with E-state index in [1.54, 1.807) is 29.4 Å². The van der Waals surface area contributed by atoms with Gasteiger partial charge in [0.15, 0.2) is 11.5 Å². The van der Waals surface area contributed by atoms with Crippen molar-refractivity contribution in [1.29, 1.82) is 0 Å². The van der Waals surface area contributed by atoms with Crippen LogP contribution in [0.2, 0.25) is 5.02 Å². The number of thiophene rings is 1. The highest BCUT2D eigenvalue weighted by Gasteiger charge is 2.17. The van der Waals surface area contributed by atoms with Crippen molar-refractivity contribution in [3.63, 3.8) is 0 Å². The fraction of sp³-hybridized carbons (Fsp3) is 0.200. The lowest BCUT2D eigenvalue weighted by molar-refractivity contribution is 0.171. The molecule has 0 unspecified atom stereocenters. The zero-order chi connectivity index (χ0) is 14.9. The molecule has 0 atom stereocenters.